The molecule has 2 amide bonds. The fraction of sp³-hybridized carbons (Fsp3) is 0.188. The van der Waals surface area contributed by atoms with E-state index in [1.807, 2.05) is 13.8 Å². The molecule has 0 aliphatic carbocycles. The van der Waals surface area contributed by atoms with Crippen LogP contribution in [0.2, 0.25) is 10.0 Å². The second-order valence-electron chi connectivity index (χ2n) is 5.14. The molecule has 0 fully saturated rings. The molecule has 23 heavy (non-hydrogen) atoms. The van der Waals surface area contributed by atoms with Crippen molar-refractivity contribution in [3.8, 4) is 0 Å². The molecule has 0 spiro atoms. The van der Waals surface area contributed by atoms with Gasteiger partial charge in [0.1, 0.15) is 5.69 Å². The number of halogens is 2. The van der Waals surface area contributed by atoms with Crippen LogP contribution in [0.1, 0.15) is 34.7 Å². The van der Waals surface area contributed by atoms with Crippen molar-refractivity contribution < 1.29 is 9.59 Å². The number of carbonyl (C=O) groups is 2. The van der Waals surface area contributed by atoms with Crippen LogP contribution in [0, 0.1) is 0 Å². The maximum atomic E-state index is 12.3. The van der Waals surface area contributed by atoms with Gasteiger partial charge in [-0.05, 0) is 44.2 Å². The Kier molecular flexibility index (Phi) is 5.58. The van der Waals surface area contributed by atoms with Crippen LogP contribution in [0.3, 0.4) is 0 Å². The number of benzene rings is 1. The SMILES string of the molecule is CC(C)NC(=O)c1cc(C(=O)Nc2ccc(Cl)cc2Cl)ccn1. The quantitative estimate of drug-likeness (QED) is 0.880. The van der Waals surface area contributed by atoms with Gasteiger partial charge in [0.15, 0.2) is 0 Å². The van der Waals surface area contributed by atoms with Crippen LogP contribution in [0.5, 0.6) is 0 Å². The van der Waals surface area contributed by atoms with E-state index in [1.54, 1.807) is 12.1 Å². The molecule has 2 N–H and O–H groups in total. The summed E-state index contributed by atoms with van der Waals surface area (Å²) in [5.41, 5.74) is 0.916. The minimum atomic E-state index is -0.393. The summed E-state index contributed by atoms with van der Waals surface area (Å²) in [7, 11) is 0. The van der Waals surface area contributed by atoms with E-state index in [0.29, 0.717) is 21.3 Å². The molecule has 7 heteroatoms. The van der Waals surface area contributed by atoms with Crippen LogP contribution in [0.4, 0.5) is 5.69 Å². The number of hydrogen-bond donors (Lipinski definition) is 2. The Bertz CT molecular complexity index is 748. The third-order valence-electron chi connectivity index (χ3n) is 2.85. The molecule has 0 radical (unpaired) electrons. The molecule has 1 aromatic heterocycles. The van der Waals surface area contributed by atoms with Gasteiger partial charge in [-0.1, -0.05) is 23.2 Å². The highest BCUT2D eigenvalue weighted by Crippen LogP contribution is 2.25. The summed E-state index contributed by atoms with van der Waals surface area (Å²) >= 11 is 11.8. The standard InChI is InChI=1S/C16H15Cl2N3O2/c1-9(2)20-16(23)14-7-10(5-6-19-14)15(22)21-13-4-3-11(17)8-12(13)18/h3-9H,1-2H3,(H,20,23)(H,21,22). The number of pyridine rings is 1. The van der Waals surface area contributed by atoms with E-state index in [0.717, 1.165) is 0 Å². The molecule has 0 saturated carbocycles. The highest BCUT2D eigenvalue weighted by atomic mass is 35.5. The Morgan fingerprint density at radius 3 is 2.48 bits per heavy atom. The lowest BCUT2D eigenvalue weighted by Crippen LogP contribution is -2.31. The van der Waals surface area contributed by atoms with Crippen LogP contribution < -0.4 is 10.6 Å². The maximum absolute atomic E-state index is 12.3. The van der Waals surface area contributed by atoms with Crippen molar-refractivity contribution in [2.24, 2.45) is 0 Å². The van der Waals surface area contributed by atoms with Gasteiger partial charge in [-0.25, -0.2) is 0 Å². The smallest absolute Gasteiger partial charge is 0.270 e. The van der Waals surface area contributed by atoms with Gasteiger partial charge in [0.25, 0.3) is 11.8 Å². The molecular weight excluding hydrogens is 337 g/mol. The van der Waals surface area contributed by atoms with Crippen molar-refractivity contribution in [3.63, 3.8) is 0 Å². The van der Waals surface area contributed by atoms with Crippen LogP contribution in [-0.4, -0.2) is 22.8 Å². The van der Waals surface area contributed by atoms with Gasteiger partial charge in [-0.15, -0.1) is 0 Å². The number of aromatic nitrogens is 1. The first-order valence-corrected chi connectivity index (χ1v) is 7.65. The first kappa shape index (κ1) is 17.2. The van der Waals surface area contributed by atoms with Crippen LogP contribution in [-0.2, 0) is 0 Å². The van der Waals surface area contributed by atoms with Gasteiger partial charge in [0, 0.05) is 22.8 Å². The molecule has 2 aromatic rings. The maximum Gasteiger partial charge on any atom is 0.270 e. The third kappa shape index (κ3) is 4.68. The zero-order valence-corrected chi connectivity index (χ0v) is 14.1. The van der Waals surface area contributed by atoms with Crippen molar-refractivity contribution in [2.75, 3.05) is 5.32 Å². The van der Waals surface area contributed by atoms with Gasteiger partial charge in [-0.3, -0.25) is 14.6 Å². The lowest BCUT2D eigenvalue weighted by molar-refractivity contribution is 0.0938. The molecular formula is C16H15Cl2N3O2. The Morgan fingerprint density at radius 2 is 1.83 bits per heavy atom. The van der Waals surface area contributed by atoms with Crippen molar-refractivity contribution in [2.45, 2.75) is 19.9 Å². The number of amides is 2. The van der Waals surface area contributed by atoms with Crippen molar-refractivity contribution in [3.05, 3.63) is 57.8 Å². The average molecular weight is 352 g/mol. The largest absolute Gasteiger partial charge is 0.349 e. The number of nitrogens with zero attached hydrogens (tertiary/aromatic N) is 1. The van der Waals surface area contributed by atoms with Crippen LogP contribution >= 0.6 is 23.2 Å². The second kappa shape index (κ2) is 7.44. The minimum absolute atomic E-state index is 0.0188. The van der Waals surface area contributed by atoms with Crippen LogP contribution in [0.15, 0.2) is 36.5 Å². The first-order chi connectivity index (χ1) is 10.9. The summed E-state index contributed by atoms with van der Waals surface area (Å²) in [6, 6.07) is 7.69. The minimum Gasteiger partial charge on any atom is -0.349 e. The average Bonchev–Trinajstić information content (AvgIpc) is 2.49. The summed E-state index contributed by atoms with van der Waals surface area (Å²) in [5.74, 6) is -0.727. The Labute approximate surface area is 144 Å². The number of anilines is 1. The van der Waals surface area contributed by atoms with Crippen molar-refractivity contribution >= 4 is 40.7 Å². The zero-order valence-electron chi connectivity index (χ0n) is 12.6. The predicted octanol–water partition coefficient (Wildman–Crippen LogP) is 3.78. The highest BCUT2D eigenvalue weighted by Gasteiger charge is 2.13. The lowest BCUT2D eigenvalue weighted by Gasteiger charge is -2.10. The summed E-state index contributed by atoms with van der Waals surface area (Å²) in [4.78, 5) is 28.2. The summed E-state index contributed by atoms with van der Waals surface area (Å²) in [5, 5.41) is 6.20. The Hall–Kier alpha value is -2.11. The van der Waals surface area contributed by atoms with E-state index >= 15 is 0 Å². The topological polar surface area (TPSA) is 71.1 Å². The highest BCUT2D eigenvalue weighted by molar-refractivity contribution is 6.36. The Morgan fingerprint density at radius 1 is 1.09 bits per heavy atom. The summed E-state index contributed by atoms with van der Waals surface area (Å²) in [6.45, 7) is 3.69. The number of carbonyl (C=O) groups excluding carboxylic acids is 2. The summed E-state index contributed by atoms with van der Waals surface area (Å²) in [6.07, 6.45) is 1.41. The normalized spacial score (nSPS) is 10.5. The van der Waals surface area contributed by atoms with E-state index in [2.05, 4.69) is 15.6 Å². The predicted molar refractivity (Wildman–Crippen MR) is 91.3 cm³/mol. The zero-order chi connectivity index (χ0) is 17.0. The number of rotatable bonds is 4. The van der Waals surface area contributed by atoms with Gasteiger partial charge in [0.05, 0.1) is 10.7 Å². The van der Waals surface area contributed by atoms with Crippen molar-refractivity contribution in [1.82, 2.24) is 10.3 Å². The fourth-order valence-electron chi connectivity index (χ4n) is 1.82. The number of nitrogens with one attached hydrogen (secondary N) is 2. The van der Waals surface area contributed by atoms with Gasteiger partial charge in [0.2, 0.25) is 0 Å². The first-order valence-electron chi connectivity index (χ1n) is 6.90. The molecule has 1 heterocycles. The molecule has 0 bridgehead atoms. The van der Waals surface area contributed by atoms with E-state index in [1.165, 1.54) is 24.4 Å². The molecule has 5 nitrogen and oxygen atoms in total. The Balaban J connectivity index is 2.18. The molecule has 0 aliphatic heterocycles. The van der Waals surface area contributed by atoms with E-state index in [-0.39, 0.29) is 17.6 Å². The second-order valence-corrected chi connectivity index (χ2v) is 5.98. The van der Waals surface area contributed by atoms with Gasteiger partial charge < -0.3 is 10.6 Å². The van der Waals surface area contributed by atoms with Gasteiger partial charge in [-0.2, -0.15) is 0 Å². The molecule has 0 saturated heterocycles. The van der Waals surface area contributed by atoms with E-state index in [4.69, 9.17) is 23.2 Å². The molecule has 0 aliphatic rings. The monoisotopic (exact) mass is 351 g/mol. The van der Waals surface area contributed by atoms with E-state index in [9.17, 15) is 9.59 Å². The number of hydrogen-bond acceptors (Lipinski definition) is 3. The molecule has 2 rings (SSSR count). The fourth-order valence-corrected chi connectivity index (χ4v) is 2.27. The summed E-state index contributed by atoms with van der Waals surface area (Å²) < 4.78 is 0. The van der Waals surface area contributed by atoms with Crippen molar-refractivity contribution in [1.29, 1.82) is 0 Å². The molecule has 120 valence electrons. The molecule has 1 aromatic carbocycles. The van der Waals surface area contributed by atoms with E-state index < -0.39 is 5.91 Å². The third-order valence-corrected chi connectivity index (χ3v) is 3.40. The lowest BCUT2D eigenvalue weighted by atomic mass is 10.2. The van der Waals surface area contributed by atoms with Gasteiger partial charge >= 0.3 is 0 Å². The molecule has 0 unspecified atom stereocenters. The van der Waals surface area contributed by atoms with Crippen LogP contribution in [0.25, 0.3) is 0 Å². The molecule has 0 atom stereocenters.